The van der Waals surface area contributed by atoms with Crippen LogP contribution in [-0.4, -0.2) is 24.2 Å². The van der Waals surface area contributed by atoms with Crippen molar-refractivity contribution in [2.75, 3.05) is 13.1 Å². The lowest BCUT2D eigenvalue weighted by atomic mass is 9.80. The number of hydrogen-bond donors (Lipinski definition) is 2. The van der Waals surface area contributed by atoms with Crippen LogP contribution in [-0.2, 0) is 6.18 Å². The third kappa shape index (κ3) is 4.40. The third-order valence-corrected chi connectivity index (χ3v) is 8.09. The number of nitrogens with one attached hydrogen (secondary N) is 1. The third-order valence-electron chi connectivity index (χ3n) is 8.09. The van der Waals surface area contributed by atoms with Gasteiger partial charge in [0.25, 0.3) is 0 Å². The number of fused-ring (bicyclic) bond motifs is 3. The highest BCUT2D eigenvalue weighted by atomic mass is 19.4. The van der Waals surface area contributed by atoms with Gasteiger partial charge in [0.15, 0.2) is 0 Å². The number of carboxylic acids is 1. The van der Waals surface area contributed by atoms with Crippen LogP contribution in [0, 0.1) is 11.8 Å². The van der Waals surface area contributed by atoms with E-state index in [0.717, 1.165) is 52.7 Å². The van der Waals surface area contributed by atoms with E-state index >= 15 is 0 Å². The van der Waals surface area contributed by atoms with Crippen LogP contribution < -0.4 is 5.32 Å². The molecule has 2 N–H and O–H groups in total. The SMILES string of the molecule is O=C(O)c1cc(-c2ccc(C3[C@H]4CC[C@H]3CNC4)cc2)c2ccc(-c3ccc(C(F)(F)F)cc3)cc2c1. The molecule has 0 unspecified atom stereocenters. The van der Waals surface area contributed by atoms with E-state index in [0.29, 0.717) is 23.3 Å². The molecule has 2 atom stereocenters. The fourth-order valence-corrected chi connectivity index (χ4v) is 6.28. The van der Waals surface area contributed by atoms with Crippen LogP contribution in [0.15, 0.2) is 78.9 Å². The number of alkyl halides is 3. The average molecular weight is 502 g/mol. The number of benzene rings is 4. The molecule has 1 aliphatic heterocycles. The van der Waals surface area contributed by atoms with Gasteiger partial charge in [0.05, 0.1) is 11.1 Å². The van der Waals surface area contributed by atoms with Gasteiger partial charge in [-0.1, -0.05) is 48.5 Å². The minimum atomic E-state index is -4.39. The van der Waals surface area contributed by atoms with Gasteiger partial charge in [-0.3, -0.25) is 0 Å². The summed E-state index contributed by atoms with van der Waals surface area (Å²) in [5.74, 6) is 0.892. The van der Waals surface area contributed by atoms with Crippen molar-refractivity contribution >= 4 is 16.7 Å². The predicted molar refractivity (Wildman–Crippen MR) is 139 cm³/mol. The molecule has 6 rings (SSSR count). The van der Waals surface area contributed by atoms with Gasteiger partial charge < -0.3 is 10.4 Å². The number of rotatable bonds is 4. The molecule has 2 fully saturated rings. The Labute approximate surface area is 213 Å². The summed E-state index contributed by atoms with van der Waals surface area (Å²) in [5, 5.41) is 14.9. The summed E-state index contributed by atoms with van der Waals surface area (Å²) in [6.07, 6.45) is -1.87. The molecule has 6 heteroatoms. The molecular formula is C31H26F3NO2. The number of aromatic carboxylic acids is 1. The summed E-state index contributed by atoms with van der Waals surface area (Å²) in [5.41, 5.74) is 3.96. The van der Waals surface area contributed by atoms with Gasteiger partial charge in [0.1, 0.15) is 0 Å². The smallest absolute Gasteiger partial charge is 0.416 e. The van der Waals surface area contributed by atoms with E-state index in [1.54, 1.807) is 12.1 Å². The molecule has 0 amide bonds. The standard InChI is InChI=1S/C31H26F3NO2/c32-31(33,34)26-10-7-18(8-11-26)21-9-12-27-24(13-21)14-25(30(36)37)15-28(27)19-1-3-20(4-2-19)29-22-5-6-23(29)17-35-16-22/h1-4,7-15,22-23,29,35H,5-6,16-17H2,(H,36,37)/t22-,23-/m0/s1. The summed E-state index contributed by atoms with van der Waals surface area (Å²) >= 11 is 0. The molecule has 0 spiro atoms. The molecule has 1 saturated heterocycles. The van der Waals surface area contributed by atoms with Gasteiger partial charge in [0.2, 0.25) is 0 Å². The lowest BCUT2D eigenvalue weighted by Crippen LogP contribution is -2.36. The first-order chi connectivity index (χ1) is 17.8. The zero-order valence-electron chi connectivity index (χ0n) is 20.1. The molecule has 3 nitrogen and oxygen atoms in total. The van der Waals surface area contributed by atoms with Crippen LogP contribution >= 0.6 is 0 Å². The van der Waals surface area contributed by atoms with Crippen molar-refractivity contribution in [3.8, 4) is 22.3 Å². The largest absolute Gasteiger partial charge is 0.478 e. The number of carboxylic acid groups (broad SMARTS) is 1. The van der Waals surface area contributed by atoms with Crippen molar-refractivity contribution in [2.45, 2.75) is 24.9 Å². The fraction of sp³-hybridized carbons (Fsp3) is 0.258. The number of carbonyl (C=O) groups is 1. The first-order valence-electron chi connectivity index (χ1n) is 12.6. The summed E-state index contributed by atoms with van der Waals surface area (Å²) in [4.78, 5) is 11.9. The van der Waals surface area contributed by atoms with Crippen LogP contribution in [0.1, 0.15) is 40.2 Å². The Hall–Kier alpha value is -3.64. The van der Waals surface area contributed by atoms with Crippen molar-refractivity contribution in [2.24, 2.45) is 11.8 Å². The maximum atomic E-state index is 13.0. The highest BCUT2D eigenvalue weighted by Crippen LogP contribution is 2.46. The van der Waals surface area contributed by atoms with E-state index in [1.807, 2.05) is 18.2 Å². The molecule has 2 bridgehead atoms. The molecule has 1 heterocycles. The van der Waals surface area contributed by atoms with E-state index in [9.17, 15) is 23.1 Å². The lowest BCUT2D eigenvalue weighted by molar-refractivity contribution is -0.137. The average Bonchev–Trinajstić information content (AvgIpc) is 3.15. The molecule has 0 aromatic heterocycles. The topological polar surface area (TPSA) is 49.3 Å². The molecule has 4 aromatic rings. The highest BCUT2D eigenvalue weighted by Gasteiger charge is 2.39. The maximum Gasteiger partial charge on any atom is 0.416 e. The zero-order chi connectivity index (χ0) is 25.7. The zero-order valence-corrected chi connectivity index (χ0v) is 20.1. The van der Waals surface area contributed by atoms with Crippen molar-refractivity contribution in [3.05, 3.63) is 95.6 Å². The van der Waals surface area contributed by atoms with E-state index in [4.69, 9.17) is 0 Å². The first kappa shape index (κ1) is 23.7. The van der Waals surface area contributed by atoms with Gasteiger partial charge in [-0.15, -0.1) is 0 Å². The summed E-state index contributed by atoms with van der Waals surface area (Å²) < 4.78 is 38.9. The van der Waals surface area contributed by atoms with Crippen molar-refractivity contribution in [1.82, 2.24) is 5.32 Å². The Balaban J connectivity index is 1.38. The Morgan fingerprint density at radius 3 is 2.03 bits per heavy atom. The Morgan fingerprint density at radius 1 is 0.784 bits per heavy atom. The maximum absolute atomic E-state index is 13.0. The van der Waals surface area contributed by atoms with Crippen LogP contribution in [0.2, 0.25) is 0 Å². The molecular weight excluding hydrogens is 475 g/mol. The molecule has 2 aliphatic rings. The summed E-state index contributed by atoms with van der Waals surface area (Å²) in [6.45, 7) is 2.13. The fourth-order valence-electron chi connectivity index (χ4n) is 6.28. The van der Waals surface area contributed by atoms with Gasteiger partial charge in [-0.05, 0) is 113 Å². The predicted octanol–water partition coefficient (Wildman–Crippen LogP) is 7.60. The molecule has 0 radical (unpaired) electrons. The Bertz CT molecular complexity index is 1460. The minimum absolute atomic E-state index is 0.174. The highest BCUT2D eigenvalue weighted by molar-refractivity contribution is 6.04. The van der Waals surface area contributed by atoms with Crippen LogP contribution in [0.4, 0.5) is 13.2 Å². The van der Waals surface area contributed by atoms with E-state index in [1.165, 1.54) is 30.5 Å². The van der Waals surface area contributed by atoms with E-state index < -0.39 is 17.7 Å². The van der Waals surface area contributed by atoms with Crippen LogP contribution in [0.25, 0.3) is 33.0 Å². The van der Waals surface area contributed by atoms with E-state index in [-0.39, 0.29) is 5.56 Å². The molecule has 4 aromatic carbocycles. The molecule has 1 saturated carbocycles. The monoisotopic (exact) mass is 501 g/mol. The summed E-state index contributed by atoms with van der Waals surface area (Å²) in [6, 6.07) is 22.5. The number of halogens is 3. The number of hydrogen-bond acceptors (Lipinski definition) is 2. The normalized spacial score (nSPS) is 21.3. The Morgan fingerprint density at radius 2 is 1.41 bits per heavy atom. The van der Waals surface area contributed by atoms with Crippen molar-refractivity contribution in [3.63, 3.8) is 0 Å². The van der Waals surface area contributed by atoms with Gasteiger partial charge in [-0.2, -0.15) is 13.2 Å². The van der Waals surface area contributed by atoms with Gasteiger partial charge in [-0.25, -0.2) is 4.79 Å². The van der Waals surface area contributed by atoms with Gasteiger partial charge in [0, 0.05) is 0 Å². The Kier molecular flexibility index (Phi) is 5.80. The molecule has 37 heavy (non-hydrogen) atoms. The molecule has 1 aliphatic carbocycles. The lowest BCUT2D eigenvalue weighted by Gasteiger charge is -2.31. The van der Waals surface area contributed by atoms with Crippen LogP contribution in [0.3, 0.4) is 0 Å². The minimum Gasteiger partial charge on any atom is -0.478 e. The van der Waals surface area contributed by atoms with Crippen LogP contribution in [0.5, 0.6) is 0 Å². The van der Waals surface area contributed by atoms with Crippen molar-refractivity contribution < 1.29 is 23.1 Å². The van der Waals surface area contributed by atoms with E-state index in [2.05, 4.69) is 29.6 Å². The quantitative estimate of drug-likeness (QED) is 0.303. The first-order valence-corrected chi connectivity index (χ1v) is 12.6. The van der Waals surface area contributed by atoms with Gasteiger partial charge >= 0.3 is 12.1 Å². The second-order valence-corrected chi connectivity index (χ2v) is 10.2. The van der Waals surface area contributed by atoms with Crippen molar-refractivity contribution in [1.29, 1.82) is 0 Å². The molecule has 188 valence electrons. The second kappa shape index (κ2) is 9.03. The summed E-state index contributed by atoms with van der Waals surface area (Å²) in [7, 11) is 0. The second-order valence-electron chi connectivity index (χ2n) is 10.2. The number of piperidine rings is 1.